The van der Waals surface area contributed by atoms with E-state index in [9.17, 15) is 15.2 Å². The van der Waals surface area contributed by atoms with Crippen LogP contribution in [0.2, 0.25) is 0 Å². The van der Waals surface area contributed by atoms with E-state index in [1.54, 1.807) is 6.92 Å². The Morgan fingerprint density at radius 3 is 2.77 bits per heavy atom. The average Bonchev–Trinajstić information content (AvgIpc) is 3.24. The Balaban J connectivity index is 1.45. The third kappa shape index (κ3) is 4.95. The zero-order valence-electron chi connectivity index (χ0n) is 19.4. The van der Waals surface area contributed by atoms with Gasteiger partial charge in [0.05, 0.1) is 23.0 Å². The molecule has 0 atom stereocenters. The molecule has 10 nitrogen and oxygen atoms in total. The highest BCUT2D eigenvalue weighted by molar-refractivity contribution is 7.17. The molecule has 5 rings (SSSR count). The van der Waals surface area contributed by atoms with E-state index < -0.39 is 5.97 Å². The highest BCUT2D eigenvalue weighted by Gasteiger charge is 2.27. The first-order chi connectivity index (χ1) is 17.0. The molecule has 4 heterocycles. The van der Waals surface area contributed by atoms with E-state index in [4.69, 9.17) is 9.97 Å². The first kappa shape index (κ1) is 23.2. The van der Waals surface area contributed by atoms with Gasteiger partial charge in [-0.3, -0.25) is 10.2 Å². The number of piperazine rings is 1. The van der Waals surface area contributed by atoms with E-state index >= 15 is 0 Å². The molecule has 0 bridgehead atoms. The number of thiazole rings is 1. The molecule has 11 heteroatoms. The number of nitrogens with one attached hydrogen (secondary N) is 2. The fraction of sp³-hybridized carbons (Fsp3) is 0.375. The van der Waals surface area contributed by atoms with Crippen LogP contribution in [0.3, 0.4) is 0 Å². The molecule has 0 saturated carbocycles. The van der Waals surface area contributed by atoms with Crippen LogP contribution in [-0.2, 0) is 19.5 Å². The molecule has 2 aliphatic rings. The van der Waals surface area contributed by atoms with Crippen LogP contribution < -0.4 is 15.5 Å². The van der Waals surface area contributed by atoms with Crippen LogP contribution in [-0.4, -0.2) is 63.7 Å². The Hall–Kier alpha value is -3.59. The number of hydrogen-bond donors (Lipinski definition) is 3. The van der Waals surface area contributed by atoms with Crippen LogP contribution in [0.25, 0.3) is 0 Å². The maximum atomic E-state index is 11.4. The van der Waals surface area contributed by atoms with E-state index in [-0.39, 0.29) is 4.88 Å². The van der Waals surface area contributed by atoms with Crippen molar-refractivity contribution in [1.29, 1.82) is 5.26 Å². The first-order valence-electron chi connectivity index (χ1n) is 11.6. The minimum atomic E-state index is -0.991. The summed E-state index contributed by atoms with van der Waals surface area (Å²) in [7, 11) is 0. The summed E-state index contributed by atoms with van der Waals surface area (Å²) in [4.78, 5) is 30.3. The number of nitrogens with zero attached hydrogens (tertiary/aromatic N) is 6. The molecule has 180 valence electrons. The third-order valence-corrected chi connectivity index (χ3v) is 7.34. The summed E-state index contributed by atoms with van der Waals surface area (Å²) in [6, 6.07) is 9.98. The Kier molecular flexibility index (Phi) is 6.59. The van der Waals surface area contributed by atoms with Crippen LogP contribution in [0.15, 0.2) is 24.3 Å². The maximum Gasteiger partial charge on any atom is 0.347 e. The van der Waals surface area contributed by atoms with Crippen LogP contribution in [0.5, 0.6) is 0 Å². The fourth-order valence-corrected chi connectivity index (χ4v) is 5.34. The van der Waals surface area contributed by atoms with E-state index in [0.29, 0.717) is 35.4 Å². The molecular weight excluding hydrogens is 464 g/mol. The van der Waals surface area contributed by atoms with Crippen molar-refractivity contribution < 1.29 is 9.90 Å². The highest BCUT2D eigenvalue weighted by Crippen LogP contribution is 2.31. The molecule has 0 radical (unpaired) electrons. The Labute approximate surface area is 207 Å². The summed E-state index contributed by atoms with van der Waals surface area (Å²) in [6.07, 6.45) is 0.823. The first-order valence-corrected chi connectivity index (χ1v) is 12.4. The van der Waals surface area contributed by atoms with Crippen molar-refractivity contribution in [3.8, 4) is 6.07 Å². The van der Waals surface area contributed by atoms with Gasteiger partial charge < -0.3 is 15.3 Å². The number of fused-ring (bicyclic) bond motifs is 1. The number of aromatic nitrogens is 3. The average molecular weight is 491 g/mol. The van der Waals surface area contributed by atoms with Crippen molar-refractivity contribution in [2.75, 3.05) is 42.9 Å². The van der Waals surface area contributed by atoms with E-state index in [1.807, 2.05) is 24.3 Å². The van der Waals surface area contributed by atoms with E-state index in [0.717, 1.165) is 73.1 Å². The fourth-order valence-electron chi connectivity index (χ4n) is 4.55. The van der Waals surface area contributed by atoms with Crippen molar-refractivity contribution >= 4 is 34.2 Å². The minimum absolute atomic E-state index is 0.204. The molecule has 3 N–H and O–H groups in total. The molecule has 2 aromatic heterocycles. The number of aromatic carboxylic acids is 1. The Morgan fingerprint density at radius 2 is 2.03 bits per heavy atom. The molecule has 0 aliphatic carbocycles. The van der Waals surface area contributed by atoms with Gasteiger partial charge in [0.1, 0.15) is 10.7 Å². The highest BCUT2D eigenvalue weighted by atomic mass is 32.1. The summed E-state index contributed by atoms with van der Waals surface area (Å²) in [5.41, 5.74) is 4.27. The zero-order chi connectivity index (χ0) is 24.4. The van der Waals surface area contributed by atoms with Crippen molar-refractivity contribution in [2.45, 2.75) is 26.4 Å². The predicted octanol–water partition coefficient (Wildman–Crippen LogP) is 2.52. The smallest absolute Gasteiger partial charge is 0.347 e. The normalized spacial score (nSPS) is 15.9. The molecule has 1 saturated heterocycles. The Morgan fingerprint density at radius 1 is 1.23 bits per heavy atom. The van der Waals surface area contributed by atoms with E-state index in [2.05, 4.69) is 31.5 Å². The van der Waals surface area contributed by atoms with Gasteiger partial charge in [0.25, 0.3) is 0 Å². The van der Waals surface area contributed by atoms with Crippen molar-refractivity contribution in [1.82, 2.24) is 25.2 Å². The summed E-state index contributed by atoms with van der Waals surface area (Å²) in [5.74, 6) is 0.360. The molecule has 2 aliphatic heterocycles. The number of aryl methyl sites for hydroxylation is 1. The number of carbonyl (C=O) groups is 1. The second-order valence-electron chi connectivity index (χ2n) is 8.63. The quantitative estimate of drug-likeness (QED) is 0.474. The van der Waals surface area contributed by atoms with Crippen LogP contribution >= 0.6 is 11.3 Å². The third-order valence-electron chi connectivity index (χ3n) is 6.28. The lowest BCUT2D eigenvalue weighted by molar-refractivity contribution is 0.0701. The summed E-state index contributed by atoms with van der Waals surface area (Å²) < 4.78 is 0. The number of carboxylic acids is 1. The molecule has 1 fully saturated rings. The van der Waals surface area contributed by atoms with Gasteiger partial charge in [-0.1, -0.05) is 29.5 Å². The van der Waals surface area contributed by atoms with Crippen molar-refractivity contribution in [2.24, 2.45) is 0 Å². The topological polar surface area (TPSA) is 130 Å². The van der Waals surface area contributed by atoms with Gasteiger partial charge in [0.2, 0.25) is 5.95 Å². The number of anilines is 3. The SMILES string of the molecule is Cc1nc(Nc2nc3c(c(N4CCNCC4)n2)CCN(Cc2ccccc2C#N)C3)sc1C(=O)O. The predicted molar refractivity (Wildman–Crippen MR) is 133 cm³/mol. The van der Waals surface area contributed by atoms with Crippen LogP contribution in [0.4, 0.5) is 16.9 Å². The lowest BCUT2D eigenvalue weighted by Crippen LogP contribution is -2.45. The van der Waals surface area contributed by atoms with Crippen LogP contribution in [0.1, 0.15) is 37.7 Å². The largest absolute Gasteiger partial charge is 0.477 e. The van der Waals surface area contributed by atoms with Gasteiger partial charge >= 0.3 is 5.97 Å². The number of carboxylic acid groups (broad SMARTS) is 1. The standard InChI is InChI=1S/C24H26N8O2S/c1-15-20(22(33)34)35-24(27-15)30-23-28-19-14-31(13-17-5-3-2-4-16(17)12-25)9-6-18(19)21(29-23)32-10-7-26-8-11-32/h2-5,26H,6-11,13-14H2,1H3,(H,33,34)(H,27,28,29,30). The number of rotatable bonds is 6. The lowest BCUT2D eigenvalue weighted by Gasteiger charge is -2.34. The van der Waals surface area contributed by atoms with Crippen molar-refractivity contribution in [3.05, 3.63) is 57.2 Å². The molecule has 35 heavy (non-hydrogen) atoms. The second kappa shape index (κ2) is 9.95. The van der Waals surface area contributed by atoms with Crippen LogP contribution in [0, 0.1) is 18.3 Å². The molecular formula is C24H26N8O2S. The molecule has 0 spiro atoms. The summed E-state index contributed by atoms with van der Waals surface area (Å²) >= 11 is 1.08. The van der Waals surface area contributed by atoms with Gasteiger partial charge in [-0.2, -0.15) is 10.2 Å². The van der Waals surface area contributed by atoms with Gasteiger partial charge in [-0.15, -0.1) is 0 Å². The molecule has 3 aromatic rings. The number of benzene rings is 1. The number of hydrogen-bond acceptors (Lipinski definition) is 10. The summed E-state index contributed by atoms with van der Waals surface area (Å²) in [6.45, 7) is 7.37. The molecule has 0 amide bonds. The number of nitriles is 1. The minimum Gasteiger partial charge on any atom is -0.477 e. The monoisotopic (exact) mass is 490 g/mol. The van der Waals surface area contributed by atoms with Gasteiger partial charge in [-0.25, -0.2) is 14.8 Å². The zero-order valence-corrected chi connectivity index (χ0v) is 20.2. The van der Waals surface area contributed by atoms with E-state index in [1.165, 1.54) is 0 Å². The molecule has 0 unspecified atom stereocenters. The molecule has 1 aromatic carbocycles. The van der Waals surface area contributed by atoms with Gasteiger partial charge in [0.15, 0.2) is 5.13 Å². The Bertz CT molecular complexity index is 1300. The second-order valence-corrected chi connectivity index (χ2v) is 9.63. The van der Waals surface area contributed by atoms with Gasteiger partial charge in [-0.05, 0) is 25.0 Å². The van der Waals surface area contributed by atoms with Crippen molar-refractivity contribution in [3.63, 3.8) is 0 Å². The maximum absolute atomic E-state index is 11.4. The van der Waals surface area contributed by atoms with Gasteiger partial charge in [0, 0.05) is 51.4 Å². The lowest BCUT2D eigenvalue weighted by atomic mass is 10.0. The summed E-state index contributed by atoms with van der Waals surface area (Å²) in [5, 5.41) is 25.8.